The highest BCUT2D eigenvalue weighted by Crippen LogP contribution is 2.20. The molecule has 0 bridgehead atoms. The Morgan fingerprint density at radius 3 is 2.79 bits per heavy atom. The molecule has 0 spiro atoms. The maximum absolute atomic E-state index is 12.0. The molecule has 1 amide bonds. The Kier molecular flexibility index (Phi) is 3.15. The Morgan fingerprint density at radius 2 is 2.21 bits per heavy atom. The van der Waals surface area contributed by atoms with Crippen LogP contribution in [0.3, 0.4) is 0 Å². The average Bonchev–Trinajstić information content (AvgIpc) is 2.74. The molecule has 0 aliphatic rings. The molecule has 0 aliphatic carbocycles. The predicted octanol–water partition coefficient (Wildman–Crippen LogP) is 1.16. The molecule has 98 valence electrons. The van der Waals surface area contributed by atoms with Gasteiger partial charge in [-0.25, -0.2) is 0 Å². The van der Waals surface area contributed by atoms with Crippen LogP contribution in [0.5, 0.6) is 0 Å². The van der Waals surface area contributed by atoms with Crippen molar-refractivity contribution in [1.29, 1.82) is 0 Å². The van der Waals surface area contributed by atoms with Crippen molar-refractivity contribution < 1.29 is 9.72 Å². The summed E-state index contributed by atoms with van der Waals surface area (Å²) >= 11 is 0. The van der Waals surface area contributed by atoms with E-state index in [1.54, 1.807) is 19.3 Å². The maximum atomic E-state index is 12.0. The molecule has 19 heavy (non-hydrogen) atoms. The monoisotopic (exact) mass is 261 g/mol. The smallest absolute Gasteiger partial charge is 0.270 e. The Morgan fingerprint density at radius 1 is 1.47 bits per heavy atom. The highest BCUT2D eigenvalue weighted by molar-refractivity contribution is 6.07. The number of hydrogen-bond acceptors (Lipinski definition) is 5. The summed E-state index contributed by atoms with van der Waals surface area (Å²) in [4.78, 5) is 22.0. The van der Waals surface area contributed by atoms with Crippen molar-refractivity contribution in [2.75, 3.05) is 11.1 Å². The Bertz CT molecular complexity index is 650. The van der Waals surface area contributed by atoms with Gasteiger partial charge in [-0.3, -0.25) is 19.6 Å². The number of hydrogen-bond donors (Lipinski definition) is 2. The fourth-order valence-electron chi connectivity index (χ4n) is 1.52. The first-order valence-electron chi connectivity index (χ1n) is 5.32. The van der Waals surface area contributed by atoms with Crippen LogP contribution >= 0.6 is 0 Å². The molecular formula is C11H11N5O3. The van der Waals surface area contributed by atoms with Crippen LogP contribution in [0.15, 0.2) is 30.5 Å². The van der Waals surface area contributed by atoms with Gasteiger partial charge >= 0.3 is 0 Å². The summed E-state index contributed by atoms with van der Waals surface area (Å²) in [6, 6.07) is 5.30. The normalized spacial score (nSPS) is 10.2. The number of carbonyl (C=O) groups excluding carboxylic acids is 1. The molecule has 8 heteroatoms. The van der Waals surface area contributed by atoms with E-state index in [1.165, 1.54) is 16.8 Å². The third-order valence-electron chi connectivity index (χ3n) is 2.45. The van der Waals surface area contributed by atoms with E-state index in [9.17, 15) is 14.9 Å². The van der Waals surface area contributed by atoms with Crippen molar-refractivity contribution in [3.05, 3.63) is 46.1 Å². The zero-order chi connectivity index (χ0) is 14.0. The number of nitrogens with zero attached hydrogens (tertiary/aromatic N) is 3. The Labute approximate surface area is 108 Å². The number of nitro benzene ring substituents is 1. The Hall–Kier alpha value is -2.90. The molecule has 0 saturated heterocycles. The van der Waals surface area contributed by atoms with Gasteiger partial charge in [-0.1, -0.05) is 0 Å². The van der Waals surface area contributed by atoms with Crippen molar-refractivity contribution >= 4 is 23.1 Å². The van der Waals surface area contributed by atoms with Crippen LogP contribution in [0.1, 0.15) is 10.4 Å². The zero-order valence-electron chi connectivity index (χ0n) is 10.0. The number of rotatable bonds is 3. The van der Waals surface area contributed by atoms with Gasteiger partial charge in [0.2, 0.25) is 0 Å². The molecule has 0 atom stereocenters. The standard InChI is InChI=1S/C11H11N5O3/c1-15-5-4-10(14-15)13-11(17)8-6-7(16(18)19)2-3-9(8)12/h2-6H,12H2,1H3,(H,13,14,17). The molecule has 1 aromatic heterocycles. The van der Waals surface area contributed by atoms with Gasteiger partial charge in [-0.15, -0.1) is 0 Å². The zero-order valence-corrected chi connectivity index (χ0v) is 10.0. The molecule has 0 unspecified atom stereocenters. The fourth-order valence-corrected chi connectivity index (χ4v) is 1.52. The number of anilines is 2. The number of nitrogens with one attached hydrogen (secondary N) is 1. The van der Waals surface area contributed by atoms with Gasteiger partial charge in [-0.05, 0) is 6.07 Å². The van der Waals surface area contributed by atoms with E-state index in [4.69, 9.17) is 5.73 Å². The second-order valence-electron chi connectivity index (χ2n) is 3.86. The van der Waals surface area contributed by atoms with E-state index in [-0.39, 0.29) is 16.9 Å². The number of nitrogens with two attached hydrogens (primary N) is 1. The lowest BCUT2D eigenvalue weighted by atomic mass is 10.1. The number of aromatic nitrogens is 2. The summed E-state index contributed by atoms with van der Waals surface area (Å²) in [5.74, 6) is -0.196. The summed E-state index contributed by atoms with van der Waals surface area (Å²) in [7, 11) is 1.71. The molecule has 2 rings (SSSR count). The van der Waals surface area contributed by atoms with Gasteiger partial charge in [0.25, 0.3) is 11.6 Å². The first-order valence-corrected chi connectivity index (χ1v) is 5.32. The molecule has 3 N–H and O–H groups in total. The lowest BCUT2D eigenvalue weighted by Crippen LogP contribution is -2.15. The van der Waals surface area contributed by atoms with E-state index < -0.39 is 10.8 Å². The summed E-state index contributed by atoms with van der Waals surface area (Å²) in [6.07, 6.45) is 1.66. The SMILES string of the molecule is Cn1ccc(NC(=O)c2cc([N+](=O)[O-])ccc2N)n1. The third kappa shape index (κ3) is 2.68. The number of carbonyl (C=O) groups is 1. The second kappa shape index (κ2) is 4.77. The van der Waals surface area contributed by atoms with Gasteiger partial charge in [0.1, 0.15) is 0 Å². The molecule has 0 aliphatic heterocycles. The topological polar surface area (TPSA) is 116 Å². The molecule has 8 nitrogen and oxygen atoms in total. The third-order valence-corrected chi connectivity index (χ3v) is 2.45. The van der Waals surface area contributed by atoms with Gasteiger partial charge in [0.05, 0.1) is 10.5 Å². The van der Waals surface area contributed by atoms with Gasteiger partial charge in [0, 0.05) is 37.1 Å². The highest BCUT2D eigenvalue weighted by atomic mass is 16.6. The number of nitro groups is 1. The molecule has 1 heterocycles. The van der Waals surface area contributed by atoms with Crippen molar-refractivity contribution in [1.82, 2.24) is 9.78 Å². The van der Waals surface area contributed by atoms with E-state index in [0.717, 1.165) is 6.07 Å². The minimum absolute atomic E-state index is 0.0415. The van der Waals surface area contributed by atoms with Crippen LogP contribution in [0.2, 0.25) is 0 Å². The van der Waals surface area contributed by atoms with Crippen LogP contribution in [0.4, 0.5) is 17.2 Å². The second-order valence-corrected chi connectivity index (χ2v) is 3.86. The molecule has 0 fully saturated rings. The van der Waals surface area contributed by atoms with E-state index in [2.05, 4.69) is 10.4 Å². The van der Waals surface area contributed by atoms with Gasteiger partial charge < -0.3 is 11.1 Å². The molecule has 1 aromatic carbocycles. The lowest BCUT2D eigenvalue weighted by Gasteiger charge is -2.05. The summed E-state index contributed by atoms with van der Waals surface area (Å²) < 4.78 is 1.52. The van der Waals surface area contributed by atoms with Crippen molar-refractivity contribution in [2.24, 2.45) is 7.05 Å². The molecule has 2 aromatic rings. The minimum Gasteiger partial charge on any atom is -0.398 e. The van der Waals surface area contributed by atoms with Crippen LogP contribution in [0.25, 0.3) is 0 Å². The number of aryl methyl sites for hydroxylation is 1. The number of benzene rings is 1. The minimum atomic E-state index is -0.586. The van der Waals surface area contributed by atoms with Gasteiger partial charge in [0.15, 0.2) is 5.82 Å². The number of amides is 1. The first kappa shape index (κ1) is 12.6. The van der Waals surface area contributed by atoms with E-state index in [1.807, 2.05) is 0 Å². The van der Waals surface area contributed by atoms with Crippen LogP contribution in [-0.4, -0.2) is 20.6 Å². The van der Waals surface area contributed by atoms with Crippen molar-refractivity contribution in [2.45, 2.75) is 0 Å². The van der Waals surface area contributed by atoms with Crippen LogP contribution in [0, 0.1) is 10.1 Å². The highest BCUT2D eigenvalue weighted by Gasteiger charge is 2.16. The average molecular weight is 261 g/mol. The van der Waals surface area contributed by atoms with Crippen LogP contribution < -0.4 is 11.1 Å². The fraction of sp³-hybridized carbons (Fsp3) is 0.0909. The van der Waals surface area contributed by atoms with Crippen molar-refractivity contribution in [3.8, 4) is 0 Å². The largest absolute Gasteiger partial charge is 0.398 e. The van der Waals surface area contributed by atoms with E-state index in [0.29, 0.717) is 5.82 Å². The quantitative estimate of drug-likeness (QED) is 0.488. The number of non-ortho nitro benzene ring substituents is 1. The summed E-state index contributed by atoms with van der Waals surface area (Å²) in [5.41, 5.74) is 5.65. The first-order chi connectivity index (χ1) is 8.97. The van der Waals surface area contributed by atoms with Crippen LogP contribution in [-0.2, 0) is 7.05 Å². The Balaban J connectivity index is 2.27. The maximum Gasteiger partial charge on any atom is 0.270 e. The lowest BCUT2D eigenvalue weighted by molar-refractivity contribution is -0.384. The van der Waals surface area contributed by atoms with E-state index >= 15 is 0 Å². The predicted molar refractivity (Wildman–Crippen MR) is 68.7 cm³/mol. The van der Waals surface area contributed by atoms with Crippen molar-refractivity contribution in [3.63, 3.8) is 0 Å². The molecule has 0 radical (unpaired) electrons. The van der Waals surface area contributed by atoms with Gasteiger partial charge in [-0.2, -0.15) is 5.10 Å². The molecular weight excluding hydrogens is 250 g/mol. The molecule has 0 saturated carbocycles. The summed E-state index contributed by atoms with van der Waals surface area (Å²) in [6.45, 7) is 0. The summed E-state index contributed by atoms with van der Waals surface area (Å²) in [5, 5.41) is 17.2. The number of nitrogen functional groups attached to an aromatic ring is 1.